The van der Waals surface area contributed by atoms with Gasteiger partial charge in [0.15, 0.2) is 0 Å². The fourth-order valence-electron chi connectivity index (χ4n) is 1.38. The Bertz CT molecular complexity index is 259. The third-order valence-electron chi connectivity index (χ3n) is 2.46. The van der Waals surface area contributed by atoms with Gasteiger partial charge in [-0.25, -0.2) is 4.79 Å². The fourth-order valence-corrected chi connectivity index (χ4v) is 1.38. The summed E-state index contributed by atoms with van der Waals surface area (Å²) in [6.45, 7) is -0.177. The van der Waals surface area contributed by atoms with Gasteiger partial charge in [-0.1, -0.05) is 0 Å². The van der Waals surface area contributed by atoms with Crippen molar-refractivity contribution in [3.05, 3.63) is 0 Å². The molecule has 2 fully saturated rings. The second-order valence-corrected chi connectivity index (χ2v) is 3.98. The lowest BCUT2D eigenvalue weighted by Gasteiger charge is -2.20. The van der Waals surface area contributed by atoms with Crippen molar-refractivity contribution in [3.8, 4) is 0 Å². The Morgan fingerprint density at radius 2 is 1.93 bits per heavy atom. The van der Waals surface area contributed by atoms with Crippen molar-refractivity contribution in [1.29, 1.82) is 0 Å². The highest BCUT2D eigenvalue weighted by Crippen LogP contribution is 2.27. The topological polar surface area (TPSA) is 69.6 Å². The third-order valence-corrected chi connectivity index (χ3v) is 2.46. The molecule has 5 heteroatoms. The van der Waals surface area contributed by atoms with E-state index in [1.54, 1.807) is 0 Å². The number of rotatable bonds is 4. The second-order valence-electron chi connectivity index (χ2n) is 3.98. The second kappa shape index (κ2) is 3.48. The van der Waals surface area contributed by atoms with Gasteiger partial charge in [0.1, 0.15) is 6.54 Å². The van der Waals surface area contributed by atoms with E-state index >= 15 is 0 Å². The predicted octanol–water partition coefficient (Wildman–Crippen LogP) is 0.407. The minimum absolute atomic E-state index is 0.157. The van der Waals surface area contributed by atoms with Gasteiger partial charge in [0.25, 0.3) is 0 Å². The molecule has 0 aromatic rings. The number of hydrogen-bond acceptors (Lipinski definition) is 2. The molecule has 78 valence electrons. The average molecular weight is 198 g/mol. The summed E-state index contributed by atoms with van der Waals surface area (Å²) < 4.78 is 0. The Hall–Kier alpha value is -1.26. The highest BCUT2D eigenvalue weighted by molar-refractivity contribution is 5.81. The zero-order valence-corrected chi connectivity index (χ0v) is 7.90. The molecule has 0 saturated heterocycles. The third kappa shape index (κ3) is 2.37. The van der Waals surface area contributed by atoms with Gasteiger partial charge in [-0.3, -0.25) is 4.79 Å². The molecule has 2 rings (SSSR count). The lowest BCUT2D eigenvalue weighted by atomic mass is 10.5. The van der Waals surface area contributed by atoms with Gasteiger partial charge in [0, 0.05) is 12.1 Å². The molecule has 2 N–H and O–H groups in total. The van der Waals surface area contributed by atoms with Gasteiger partial charge in [-0.15, -0.1) is 0 Å². The van der Waals surface area contributed by atoms with Crippen LogP contribution in [-0.2, 0) is 4.79 Å². The van der Waals surface area contributed by atoms with Crippen LogP contribution in [0, 0.1) is 0 Å². The van der Waals surface area contributed by atoms with E-state index in [4.69, 9.17) is 5.11 Å². The minimum Gasteiger partial charge on any atom is -0.480 e. The van der Waals surface area contributed by atoms with Crippen molar-refractivity contribution in [1.82, 2.24) is 10.2 Å². The van der Waals surface area contributed by atoms with Crippen molar-refractivity contribution < 1.29 is 14.7 Å². The molecule has 5 nitrogen and oxygen atoms in total. The summed E-state index contributed by atoms with van der Waals surface area (Å²) in [6.07, 6.45) is 3.92. The Labute approximate surface area is 82.1 Å². The number of carbonyl (C=O) groups excluding carboxylic acids is 1. The molecule has 2 amide bonds. The van der Waals surface area contributed by atoms with E-state index in [0.717, 1.165) is 25.7 Å². The predicted molar refractivity (Wildman–Crippen MR) is 48.9 cm³/mol. The van der Waals surface area contributed by atoms with E-state index in [-0.39, 0.29) is 24.7 Å². The van der Waals surface area contributed by atoms with Gasteiger partial charge in [0.05, 0.1) is 0 Å². The zero-order valence-electron chi connectivity index (χ0n) is 7.90. The highest BCUT2D eigenvalue weighted by Gasteiger charge is 2.35. The van der Waals surface area contributed by atoms with Crippen LogP contribution in [0.4, 0.5) is 4.79 Å². The molecule has 0 heterocycles. The molecule has 2 saturated carbocycles. The number of carbonyl (C=O) groups is 2. The van der Waals surface area contributed by atoms with E-state index in [1.165, 1.54) is 4.90 Å². The number of urea groups is 1. The molecule has 0 unspecified atom stereocenters. The van der Waals surface area contributed by atoms with Gasteiger partial charge >= 0.3 is 12.0 Å². The maximum Gasteiger partial charge on any atom is 0.323 e. The number of amides is 2. The standard InChI is InChI=1S/C9H14N2O3/c12-8(13)5-11(7-3-4-7)9(14)10-6-1-2-6/h6-7H,1-5H2,(H,10,14)(H,12,13). The first-order valence-corrected chi connectivity index (χ1v) is 4.96. The van der Waals surface area contributed by atoms with Crippen molar-refractivity contribution in [3.63, 3.8) is 0 Å². The summed E-state index contributed by atoms with van der Waals surface area (Å²) in [5.41, 5.74) is 0. The number of nitrogens with one attached hydrogen (secondary N) is 1. The molecular formula is C9H14N2O3. The summed E-state index contributed by atoms with van der Waals surface area (Å²) in [5.74, 6) is -0.942. The van der Waals surface area contributed by atoms with Crippen LogP contribution in [0.5, 0.6) is 0 Å². The van der Waals surface area contributed by atoms with E-state index < -0.39 is 5.97 Å². The molecule has 2 aliphatic carbocycles. The van der Waals surface area contributed by atoms with Crippen LogP contribution in [0.1, 0.15) is 25.7 Å². The van der Waals surface area contributed by atoms with Crippen LogP contribution < -0.4 is 5.32 Å². The summed E-state index contributed by atoms with van der Waals surface area (Å²) >= 11 is 0. The van der Waals surface area contributed by atoms with Crippen LogP contribution in [0.3, 0.4) is 0 Å². The first-order chi connectivity index (χ1) is 6.66. The number of hydrogen-bond donors (Lipinski definition) is 2. The smallest absolute Gasteiger partial charge is 0.323 e. The van der Waals surface area contributed by atoms with E-state index in [0.29, 0.717) is 0 Å². The van der Waals surface area contributed by atoms with Crippen LogP contribution >= 0.6 is 0 Å². The molecule has 0 radical (unpaired) electrons. The molecule has 0 spiro atoms. The normalized spacial score (nSPS) is 20.3. The Morgan fingerprint density at radius 1 is 1.29 bits per heavy atom. The number of carboxylic acids is 1. The Morgan fingerprint density at radius 3 is 2.36 bits per heavy atom. The Kier molecular flexibility index (Phi) is 2.31. The first-order valence-electron chi connectivity index (χ1n) is 4.96. The van der Waals surface area contributed by atoms with Crippen LogP contribution in [0.2, 0.25) is 0 Å². The molecule has 0 atom stereocenters. The van der Waals surface area contributed by atoms with Gasteiger partial charge < -0.3 is 15.3 Å². The Balaban J connectivity index is 1.86. The van der Waals surface area contributed by atoms with E-state index in [2.05, 4.69) is 5.32 Å². The van der Waals surface area contributed by atoms with Gasteiger partial charge in [-0.05, 0) is 25.7 Å². The number of carboxylic acid groups (broad SMARTS) is 1. The number of aliphatic carboxylic acids is 1. The zero-order chi connectivity index (χ0) is 10.1. The van der Waals surface area contributed by atoms with E-state index in [9.17, 15) is 9.59 Å². The van der Waals surface area contributed by atoms with Crippen molar-refractivity contribution in [2.45, 2.75) is 37.8 Å². The molecule has 2 aliphatic rings. The maximum absolute atomic E-state index is 11.6. The van der Waals surface area contributed by atoms with Crippen LogP contribution in [0.25, 0.3) is 0 Å². The quantitative estimate of drug-likeness (QED) is 0.687. The molecule has 0 aliphatic heterocycles. The van der Waals surface area contributed by atoms with Gasteiger partial charge in [0.2, 0.25) is 0 Å². The molecule has 0 aromatic carbocycles. The molecule has 0 aromatic heterocycles. The van der Waals surface area contributed by atoms with Crippen molar-refractivity contribution >= 4 is 12.0 Å². The average Bonchev–Trinajstić information content (AvgIpc) is 2.93. The monoisotopic (exact) mass is 198 g/mol. The van der Waals surface area contributed by atoms with E-state index in [1.807, 2.05) is 0 Å². The fraction of sp³-hybridized carbons (Fsp3) is 0.778. The van der Waals surface area contributed by atoms with Crippen LogP contribution in [0.15, 0.2) is 0 Å². The molecule has 14 heavy (non-hydrogen) atoms. The maximum atomic E-state index is 11.6. The lowest BCUT2D eigenvalue weighted by Crippen LogP contribution is -2.44. The minimum atomic E-state index is -0.942. The highest BCUT2D eigenvalue weighted by atomic mass is 16.4. The summed E-state index contributed by atoms with van der Waals surface area (Å²) in [4.78, 5) is 23.5. The van der Waals surface area contributed by atoms with Crippen LogP contribution in [-0.4, -0.2) is 40.6 Å². The largest absolute Gasteiger partial charge is 0.480 e. The first kappa shape index (κ1) is 9.30. The molecule has 0 bridgehead atoms. The van der Waals surface area contributed by atoms with Crippen molar-refractivity contribution in [2.75, 3.05) is 6.54 Å². The molecular weight excluding hydrogens is 184 g/mol. The SMILES string of the molecule is O=C(O)CN(C(=O)NC1CC1)C1CC1. The summed E-state index contributed by atoms with van der Waals surface area (Å²) in [5, 5.41) is 11.4. The summed E-state index contributed by atoms with van der Waals surface area (Å²) in [6, 6.07) is 0.236. The van der Waals surface area contributed by atoms with Crippen molar-refractivity contribution in [2.24, 2.45) is 0 Å². The van der Waals surface area contributed by atoms with Gasteiger partial charge in [-0.2, -0.15) is 0 Å². The number of nitrogens with zero attached hydrogens (tertiary/aromatic N) is 1. The summed E-state index contributed by atoms with van der Waals surface area (Å²) in [7, 11) is 0. The lowest BCUT2D eigenvalue weighted by molar-refractivity contribution is -0.137.